The lowest BCUT2D eigenvalue weighted by molar-refractivity contribution is 0.0508. The Bertz CT molecular complexity index is 604. The maximum Gasteiger partial charge on any atom is 0.342 e. The van der Waals surface area contributed by atoms with E-state index in [1.54, 1.807) is 12.1 Å². The third kappa shape index (κ3) is 4.86. The fourth-order valence-corrected chi connectivity index (χ4v) is 2.37. The lowest BCUT2D eigenvalue weighted by Crippen LogP contribution is -2.09. The van der Waals surface area contributed by atoms with Crippen LogP contribution in [0.5, 0.6) is 11.5 Å². The number of carbonyl (C=O) groups excluding carboxylic acids is 1. The number of esters is 1. The molecule has 0 spiro atoms. The van der Waals surface area contributed by atoms with E-state index >= 15 is 0 Å². The minimum Gasteiger partial charge on any atom is -0.507 e. The highest BCUT2D eigenvalue weighted by molar-refractivity contribution is 5.97. The first kappa shape index (κ1) is 17.1. The Balaban J connectivity index is 2.33. The third-order valence-corrected chi connectivity index (χ3v) is 3.62. The van der Waals surface area contributed by atoms with Crippen LogP contribution < -0.4 is 4.74 Å². The summed E-state index contributed by atoms with van der Waals surface area (Å²) in [6.45, 7) is 0.222. The molecule has 5 nitrogen and oxygen atoms in total. The highest BCUT2D eigenvalue weighted by atomic mass is 16.5. The van der Waals surface area contributed by atoms with Crippen molar-refractivity contribution in [3.63, 3.8) is 0 Å². The van der Waals surface area contributed by atoms with Crippen LogP contribution in [-0.2, 0) is 4.74 Å². The van der Waals surface area contributed by atoms with E-state index in [4.69, 9.17) is 9.47 Å². The molecule has 1 aromatic rings. The molecule has 2 N–H and O–H groups in total. The molecule has 0 aliphatic carbocycles. The summed E-state index contributed by atoms with van der Waals surface area (Å²) in [7, 11) is 1.49. The van der Waals surface area contributed by atoms with Gasteiger partial charge >= 0.3 is 5.97 Å². The smallest absolute Gasteiger partial charge is 0.342 e. The van der Waals surface area contributed by atoms with Crippen LogP contribution in [0.2, 0.25) is 0 Å². The van der Waals surface area contributed by atoms with Crippen molar-refractivity contribution in [3.05, 3.63) is 41.5 Å². The van der Waals surface area contributed by atoms with Gasteiger partial charge in [0.1, 0.15) is 17.1 Å². The first-order chi connectivity index (χ1) is 11.1. The van der Waals surface area contributed by atoms with Crippen molar-refractivity contribution in [1.82, 2.24) is 0 Å². The number of aliphatic hydroxyl groups excluding tert-OH is 1. The van der Waals surface area contributed by atoms with Gasteiger partial charge < -0.3 is 19.7 Å². The average Bonchev–Trinajstić information content (AvgIpc) is 2.53. The molecule has 23 heavy (non-hydrogen) atoms. The van der Waals surface area contributed by atoms with Crippen LogP contribution in [0.1, 0.15) is 41.6 Å². The summed E-state index contributed by atoms with van der Waals surface area (Å²) in [4.78, 5) is 12.2. The summed E-state index contributed by atoms with van der Waals surface area (Å²) in [6.07, 6.45) is 9.46. The second-order valence-electron chi connectivity index (χ2n) is 5.38. The molecule has 0 amide bonds. The van der Waals surface area contributed by atoms with Gasteiger partial charge in [0.05, 0.1) is 19.8 Å². The summed E-state index contributed by atoms with van der Waals surface area (Å²) < 4.78 is 10.3. The van der Waals surface area contributed by atoms with Crippen LogP contribution in [0.25, 0.3) is 6.08 Å². The predicted molar refractivity (Wildman–Crippen MR) is 87.6 cm³/mol. The molecule has 1 heterocycles. The number of methoxy groups -OCH3 is 1. The van der Waals surface area contributed by atoms with E-state index in [2.05, 4.69) is 0 Å². The zero-order chi connectivity index (χ0) is 16.7. The van der Waals surface area contributed by atoms with Gasteiger partial charge in [-0.25, -0.2) is 4.79 Å². The number of phenolic OH excluding ortho intramolecular Hbond substituents is 1. The van der Waals surface area contributed by atoms with Crippen LogP contribution >= 0.6 is 0 Å². The molecule has 1 aromatic carbocycles. The molecule has 5 heteroatoms. The van der Waals surface area contributed by atoms with Crippen LogP contribution in [-0.4, -0.2) is 36.0 Å². The van der Waals surface area contributed by atoms with Crippen molar-refractivity contribution < 1.29 is 24.5 Å². The number of phenols is 1. The van der Waals surface area contributed by atoms with E-state index in [0.717, 1.165) is 0 Å². The normalized spacial score (nSPS) is 19.6. The summed E-state index contributed by atoms with van der Waals surface area (Å²) in [5.74, 6) is -0.269. The van der Waals surface area contributed by atoms with E-state index in [9.17, 15) is 15.0 Å². The summed E-state index contributed by atoms with van der Waals surface area (Å²) in [5, 5.41) is 20.0. The zero-order valence-corrected chi connectivity index (χ0v) is 13.2. The van der Waals surface area contributed by atoms with Crippen LogP contribution in [0.4, 0.5) is 0 Å². The molecule has 0 unspecified atom stereocenters. The van der Waals surface area contributed by atoms with Crippen molar-refractivity contribution in [2.45, 2.75) is 31.8 Å². The number of carbonyl (C=O) groups is 1. The zero-order valence-electron chi connectivity index (χ0n) is 13.2. The number of allylic oxidation sites excluding steroid dienone is 1. The lowest BCUT2D eigenvalue weighted by Gasteiger charge is -2.12. The second-order valence-corrected chi connectivity index (χ2v) is 5.38. The van der Waals surface area contributed by atoms with Gasteiger partial charge in [0.2, 0.25) is 0 Å². The average molecular weight is 318 g/mol. The van der Waals surface area contributed by atoms with Gasteiger partial charge in [-0.05, 0) is 37.3 Å². The SMILES string of the molecule is COc1cc(O)c2c(c1)C=CCC[C@H](O)CC=CCCOC2=O. The van der Waals surface area contributed by atoms with Gasteiger partial charge in [0.15, 0.2) is 0 Å². The molecular formula is C18H22O5. The number of aliphatic hydroxyl groups is 1. The first-order valence-corrected chi connectivity index (χ1v) is 7.69. The molecule has 1 aliphatic rings. The van der Waals surface area contributed by atoms with Crippen molar-refractivity contribution >= 4 is 12.0 Å². The maximum atomic E-state index is 12.2. The van der Waals surface area contributed by atoms with E-state index in [0.29, 0.717) is 37.0 Å². The van der Waals surface area contributed by atoms with Gasteiger partial charge in [-0.2, -0.15) is 0 Å². The largest absolute Gasteiger partial charge is 0.507 e. The number of ether oxygens (including phenoxy) is 2. The molecule has 0 bridgehead atoms. The fraction of sp³-hybridized carbons (Fsp3) is 0.389. The number of hydrogen-bond acceptors (Lipinski definition) is 5. The van der Waals surface area contributed by atoms with Gasteiger partial charge in [-0.1, -0.05) is 24.3 Å². The molecule has 1 atom stereocenters. The molecule has 0 fully saturated rings. The van der Waals surface area contributed by atoms with Gasteiger partial charge in [-0.15, -0.1) is 0 Å². The molecule has 124 valence electrons. The summed E-state index contributed by atoms with van der Waals surface area (Å²) in [5.41, 5.74) is 0.664. The Kier molecular flexibility index (Phi) is 6.23. The molecule has 0 saturated carbocycles. The van der Waals surface area contributed by atoms with E-state index in [1.807, 2.05) is 18.2 Å². The van der Waals surface area contributed by atoms with Gasteiger partial charge in [-0.3, -0.25) is 0 Å². The Morgan fingerprint density at radius 3 is 2.83 bits per heavy atom. The highest BCUT2D eigenvalue weighted by Gasteiger charge is 2.18. The number of cyclic esters (lactones) is 1. The Labute approximate surface area is 135 Å². The highest BCUT2D eigenvalue weighted by Crippen LogP contribution is 2.30. The predicted octanol–water partition coefficient (Wildman–Crippen LogP) is 3.06. The third-order valence-electron chi connectivity index (χ3n) is 3.62. The molecular weight excluding hydrogens is 296 g/mol. The minimum atomic E-state index is -0.560. The molecule has 2 rings (SSSR count). The van der Waals surface area contributed by atoms with Crippen LogP contribution in [0, 0.1) is 0 Å². The Morgan fingerprint density at radius 2 is 2.04 bits per heavy atom. The first-order valence-electron chi connectivity index (χ1n) is 7.69. The van der Waals surface area contributed by atoms with Gasteiger partial charge in [0, 0.05) is 6.07 Å². The summed E-state index contributed by atoms with van der Waals surface area (Å²) in [6, 6.07) is 3.07. The van der Waals surface area contributed by atoms with Crippen LogP contribution in [0.3, 0.4) is 0 Å². The Morgan fingerprint density at radius 1 is 1.22 bits per heavy atom. The molecule has 0 saturated heterocycles. The number of hydrogen-bond donors (Lipinski definition) is 2. The standard InChI is InChI=1S/C18H22O5/c1-22-15-11-13-7-4-5-9-14(19)8-3-2-6-10-23-18(21)17(13)16(20)12-15/h2-4,7,11-12,14,19-20H,5-6,8-10H2,1H3/t14-/m1/s1. The summed E-state index contributed by atoms with van der Waals surface area (Å²) >= 11 is 0. The van der Waals surface area contributed by atoms with Crippen LogP contribution in [0.15, 0.2) is 30.4 Å². The van der Waals surface area contributed by atoms with Crippen molar-refractivity contribution in [1.29, 1.82) is 0 Å². The minimum absolute atomic E-state index is 0.128. The Hall–Kier alpha value is -2.27. The topological polar surface area (TPSA) is 76.0 Å². The fourth-order valence-electron chi connectivity index (χ4n) is 2.37. The quantitative estimate of drug-likeness (QED) is 0.615. The van der Waals surface area contributed by atoms with E-state index in [-0.39, 0.29) is 24.0 Å². The number of benzene rings is 1. The van der Waals surface area contributed by atoms with Gasteiger partial charge in [0.25, 0.3) is 0 Å². The number of fused-ring (bicyclic) bond motifs is 1. The van der Waals surface area contributed by atoms with E-state index in [1.165, 1.54) is 13.2 Å². The maximum absolute atomic E-state index is 12.2. The van der Waals surface area contributed by atoms with E-state index < -0.39 is 5.97 Å². The monoisotopic (exact) mass is 318 g/mol. The van der Waals surface area contributed by atoms with Crippen molar-refractivity contribution in [2.24, 2.45) is 0 Å². The molecule has 1 aliphatic heterocycles. The lowest BCUT2D eigenvalue weighted by atomic mass is 10.0. The number of aromatic hydroxyl groups is 1. The molecule has 0 radical (unpaired) electrons. The number of rotatable bonds is 1. The molecule has 0 aromatic heterocycles. The second kappa shape index (κ2) is 8.39. The van der Waals surface area contributed by atoms with Crippen molar-refractivity contribution in [2.75, 3.05) is 13.7 Å². The van der Waals surface area contributed by atoms with Crippen molar-refractivity contribution in [3.8, 4) is 11.5 Å².